The highest BCUT2D eigenvalue weighted by molar-refractivity contribution is 7.99. The summed E-state index contributed by atoms with van der Waals surface area (Å²) in [5.41, 5.74) is -0.293. The molecule has 1 N–H and O–H groups in total. The highest BCUT2D eigenvalue weighted by Crippen LogP contribution is 2.44. The second kappa shape index (κ2) is 3.59. The highest BCUT2D eigenvalue weighted by Gasteiger charge is 2.44. The van der Waals surface area contributed by atoms with Crippen LogP contribution in [-0.2, 0) is 0 Å². The van der Waals surface area contributed by atoms with E-state index < -0.39 is 5.60 Å². The fraction of sp³-hybridized carbons (Fsp3) is 1.00. The van der Waals surface area contributed by atoms with E-state index in [-0.39, 0.29) is 5.41 Å². The molecule has 2 heteroatoms. The smallest absolute Gasteiger partial charge is 0.0788 e. The van der Waals surface area contributed by atoms with Gasteiger partial charge >= 0.3 is 0 Å². The molecule has 0 aromatic rings. The lowest BCUT2D eigenvalue weighted by Gasteiger charge is -2.46. The summed E-state index contributed by atoms with van der Waals surface area (Å²) >= 11 is 1.89. The van der Waals surface area contributed by atoms with Gasteiger partial charge in [-0.3, -0.25) is 0 Å². The van der Waals surface area contributed by atoms with Crippen molar-refractivity contribution in [1.29, 1.82) is 0 Å². The Morgan fingerprint density at radius 2 is 2.08 bits per heavy atom. The fourth-order valence-corrected chi connectivity index (χ4v) is 3.49. The molecule has 0 aromatic carbocycles. The molecule has 1 nitrogen and oxygen atoms in total. The molecule has 1 rings (SSSR count). The minimum absolute atomic E-state index is 0.119. The first kappa shape index (κ1) is 10.4. The standard InChI is InChI=1S/C10H20OS/c1-4-5-10(11)8-12-7-6-9(10,2)3/h11H,4-8H2,1-3H3. The largest absolute Gasteiger partial charge is 0.388 e. The van der Waals surface area contributed by atoms with Crippen molar-refractivity contribution in [2.45, 2.75) is 45.6 Å². The Hall–Kier alpha value is 0.310. The van der Waals surface area contributed by atoms with Gasteiger partial charge < -0.3 is 5.11 Å². The number of hydrogen-bond donors (Lipinski definition) is 1. The number of hydrogen-bond acceptors (Lipinski definition) is 2. The van der Waals surface area contributed by atoms with Crippen LogP contribution in [-0.4, -0.2) is 22.2 Å². The third-order valence-corrected chi connectivity index (χ3v) is 4.31. The summed E-state index contributed by atoms with van der Waals surface area (Å²) in [7, 11) is 0. The van der Waals surface area contributed by atoms with Gasteiger partial charge in [-0.05, 0) is 24.0 Å². The Balaban J connectivity index is 2.69. The van der Waals surface area contributed by atoms with Gasteiger partial charge in [-0.1, -0.05) is 27.2 Å². The topological polar surface area (TPSA) is 20.2 Å². The molecule has 0 bridgehead atoms. The molecule has 1 aliphatic heterocycles. The van der Waals surface area contributed by atoms with Gasteiger partial charge in [0.25, 0.3) is 0 Å². The third-order valence-electron chi connectivity index (χ3n) is 3.14. The van der Waals surface area contributed by atoms with Gasteiger partial charge in [-0.25, -0.2) is 0 Å². The highest BCUT2D eigenvalue weighted by atomic mass is 32.2. The summed E-state index contributed by atoms with van der Waals surface area (Å²) in [6.45, 7) is 6.54. The summed E-state index contributed by atoms with van der Waals surface area (Å²) < 4.78 is 0. The first-order valence-corrected chi connectivity index (χ1v) is 5.97. The van der Waals surface area contributed by atoms with E-state index in [0.29, 0.717) is 0 Å². The van der Waals surface area contributed by atoms with Gasteiger partial charge in [0.2, 0.25) is 0 Å². The van der Waals surface area contributed by atoms with Crippen LogP contribution in [0.3, 0.4) is 0 Å². The normalized spacial score (nSPS) is 35.0. The Kier molecular flexibility index (Phi) is 3.11. The first-order chi connectivity index (χ1) is 5.52. The Morgan fingerprint density at radius 3 is 2.58 bits per heavy atom. The molecule has 1 saturated heterocycles. The molecule has 1 heterocycles. The lowest BCUT2D eigenvalue weighted by atomic mass is 9.71. The SMILES string of the molecule is CCCC1(O)CSCCC1(C)C. The lowest BCUT2D eigenvalue weighted by molar-refractivity contribution is -0.0586. The van der Waals surface area contributed by atoms with Crippen LogP contribution in [0.4, 0.5) is 0 Å². The van der Waals surface area contributed by atoms with Crippen LogP contribution in [0.2, 0.25) is 0 Å². The lowest BCUT2D eigenvalue weighted by Crippen LogP contribution is -2.49. The average Bonchev–Trinajstić information content (AvgIpc) is 1.96. The number of rotatable bonds is 2. The van der Waals surface area contributed by atoms with Crippen molar-refractivity contribution in [1.82, 2.24) is 0 Å². The molecule has 1 aliphatic rings. The zero-order chi connectivity index (χ0) is 9.24. The van der Waals surface area contributed by atoms with Crippen LogP contribution in [0, 0.1) is 5.41 Å². The summed E-state index contributed by atoms with van der Waals surface area (Å²) in [5, 5.41) is 10.4. The van der Waals surface area contributed by atoms with Gasteiger partial charge in [-0.15, -0.1) is 0 Å². The Bertz CT molecular complexity index is 152. The predicted octanol–water partition coefficient (Wildman–Crippen LogP) is 2.68. The quantitative estimate of drug-likeness (QED) is 0.719. The molecule has 1 unspecified atom stereocenters. The Morgan fingerprint density at radius 1 is 1.42 bits per heavy atom. The molecule has 72 valence electrons. The average molecular weight is 188 g/mol. The van der Waals surface area contributed by atoms with Gasteiger partial charge in [0.15, 0.2) is 0 Å². The number of aliphatic hydroxyl groups is 1. The molecule has 0 radical (unpaired) electrons. The van der Waals surface area contributed by atoms with Crippen molar-refractivity contribution >= 4 is 11.8 Å². The van der Waals surface area contributed by atoms with E-state index in [4.69, 9.17) is 0 Å². The Labute approximate surface area is 79.9 Å². The minimum Gasteiger partial charge on any atom is -0.388 e. The molecule has 1 atom stereocenters. The zero-order valence-corrected chi connectivity index (χ0v) is 9.21. The van der Waals surface area contributed by atoms with Crippen molar-refractivity contribution in [3.63, 3.8) is 0 Å². The van der Waals surface area contributed by atoms with Crippen LogP contribution in [0.5, 0.6) is 0 Å². The summed E-state index contributed by atoms with van der Waals surface area (Å²) in [6.07, 6.45) is 3.18. The van der Waals surface area contributed by atoms with Crippen molar-refractivity contribution in [3.8, 4) is 0 Å². The van der Waals surface area contributed by atoms with Crippen molar-refractivity contribution in [3.05, 3.63) is 0 Å². The van der Waals surface area contributed by atoms with Crippen molar-refractivity contribution in [2.24, 2.45) is 5.41 Å². The van der Waals surface area contributed by atoms with Crippen LogP contribution >= 0.6 is 11.8 Å². The third kappa shape index (κ3) is 1.80. The van der Waals surface area contributed by atoms with Gasteiger partial charge in [0.05, 0.1) is 5.60 Å². The second-order valence-corrected chi connectivity index (χ2v) is 5.57. The molecule has 0 saturated carbocycles. The molecule has 0 spiro atoms. The van der Waals surface area contributed by atoms with E-state index in [1.54, 1.807) is 0 Å². The summed E-state index contributed by atoms with van der Waals surface area (Å²) in [4.78, 5) is 0. The summed E-state index contributed by atoms with van der Waals surface area (Å²) in [6, 6.07) is 0. The van der Waals surface area contributed by atoms with Crippen molar-refractivity contribution < 1.29 is 5.11 Å². The monoisotopic (exact) mass is 188 g/mol. The van der Waals surface area contributed by atoms with E-state index in [0.717, 1.165) is 25.0 Å². The molecule has 1 fully saturated rings. The zero-order valence-electron chi connectivity index (χ0n) is 8.39. The van der Waals surface area contributed by atoms with E-state index in [9.17, 15) is 5.11 Å². The van der Waals surface area contributed by atoms with Gasteiger partial charge in [0.1, 0.15) is 0 Å². The molecule has 0 aromatic heterocycles. The van der Waals surface area contributed by atoms with E-state index in [2.05, 4.69) is 20.8 Å². The van der Waals surface area contributed by atoms with Crippen LogP contribution in [0.1, 0.15) is 40.0 Å². The van der Waals surface area contributed by atoms with E-state index >= 15 is 0 Å². The maximum Gasteiger partial charge on any atom is 0.0788 e. The van der Waals surface area contributed by atoms with E-state index in [1.807, 2.05) is 11.8 Å². The molecule has 12 heavy (non-hydrogen) atoms. The van der Waals surface area contributed by atoms with E-state index in [1.165, 1.54) is 5.75 Å². The van der Waals surface area contributed by atoms with Crippen LogP contribution in [0.25, 0.3) is 0 Å². The fourth-order valence-electron chi connectivity index (χ4n) is 1.82. The van der Waals surface area contributed by atoms with Crippen molar-refractivity contribution in [2.75, 3.05) is 11.5 Å². The maximum atomic E-state index is 10.4. The van der Waals surface area contributed by atoms with Gasteiger partial charge in [-0.2, -0.15) is 11.8 Å². The molecular weight excluding hydrogens is 168 g/mol. The van der Waals surface area contributed by atoms with Crippen LogP contribution < -0.4 is 0 Å². The maximum absolute atomic E-state index is 10.4. The minimum atomic E-state index is -0.412. The predicted molar refractivity (Wildman–Crippen MR) is 55.6 cm³/mol. The molecular formula is C10H20OS. The first-order valence-electron chi connectivity index (χ1n) is 4.82. The number of thioether (sulfide) groups is 1. The molecule has 0 aliphatic carbocycles. The summed E-state index contributed by atoms with van der Waals surface area (Å²) in [5.74, 6) is 2.13. The molecule has 0 amide bonds. The second-order valence-electron chi connectivity index (χ2n) is 4.47. The van der Waals surface area contributed by atoms with Gasteiger partial charge in [0, 0.05) is 5.75 Å². The van der Waals surface area contributed by atoms with Crippen LogP contribution in [0.15, 0.2) is 0 Å².